The quantitative estimate of drug-likeness (QED) is 0.790. The average Bonchev–Trinajstić information content (AvgIpc) is 2.35. The van der Waals surface area contributed by atoms with Crippen LogP contribution in [0.4, 0.5) is 0 Å². The van der Waals surface area contributed by atoms with Gasteiger partial charge >= 0.3 is 0 Å². The zero-order chi connectivity index (χ0) is 13.6. The van der Waals surface area contributed by atoms with Gasteiger partial charge in [0.2, 0.25) is 15.9 Å². The molecule has 0 unspecified atom stereocenters. The minimum Gasteiger partial charge on any atom is -0.339 e. The highest BCUT2D eigenvalue weighted by atomic mass is 32.2. The van der Waals surface area contributed by atoms with Gasteiger partial charge in [-0.3, -0.25) is 4.79 Å². The molecule has 1 aliphatic carbocycles. The van der Waals surface area contributed by atoms with E-state index in [1.54, 1.807) is 13.8 Å². The van der Waals surface area contributed by atoms with Crippen molar-refractivity contribution in [3.8, 4) is 0 Å². The first-order valence-electron chi connectivity index (χ1n) is 6.71. The lowest BCUT2D eigenvalue weighted by Gasteiger charge is -2.33. The summed E-state index contributed by atoms with van der Waals surface area (Å²) < 4.78 is 25.1. The Bertz CT molecular complexity index is 362. The van der Waals surface area contributed by atoms with Crippen molar-refractivity contribution >= 4 is 15.9 Å². The Kier molecular flexibility index (Phi) is 6.08. The van der Waals surface area contributed by atoms with E-state index in [0.29, 0.717) is 19.1 Å². The van der Waals surface area contributed by atoms with Crippen LogP contribution >= 0.6 is 0 Å². The lowest BCUT2D eigenvalue weighted by molar-refractivity contribution is -0.131. The molecular formula is C12H24N2O3S. The fourth-order valence-electron chi connectivity index (χ4n) is 2.41. The molecule has 0 atom stereocenters. The summed E-state index contributed by atoms with van der Waals surface area (Å²) in [7, 11) is -3.16. The number of carbonyl (C=O) groups is 1. The van der Waals surface area contributed by atoms with Gasteiger partial charge in [0.25, 0.3) is 0 Å². The minimum absolute atomic E-state index is 0.0394. The molecule has 1 N–H and O–H groups in total. The molecular weight excluding hydrogens is 252 g/mol. The van der Waals surface area contributed by atoms with E-state index in [4.69, 9.17) is 0 Å². The maximum absolute atomic E-state index is 11.6. The van der Waals surface area contributed by atoms with Crippen LogP contribution in [0.3, 0.4) is 0 Å². The van der Waals surface area contributed by atoms with E-state index in [0.717, 1.165) is 25.7 Å². The summed E-state index contributed by atoms with van der Waals surface area (Å²) >= 11 is 0. The Hall–Kier alpha value is -0.620. The standard InChI is InChI=1S/C12H24N2O3S/c1-3-18(16,17)13-9-10-14(11(2)15)12-7-5-4-6-8-12/h12-13H,3-10H2,1-2H3. The van der Waals surface area contributed by atoms with Gasteiger partial charge in [-0.1, -0.05) is 19.3 Å². The zero-order valence-electron chi connectivity index (χ0n) is 11.3. The molecule has 106 valence electrons. The summed E-state index contributed by atoms with van der Waals surface area (Å²) in [6.07, 6.45) is 5.65. The van der Waals surface area contributed by atoms with Crippen LogP contribution in [-0.2, 0) is 14.8 Å². The van der Waals surface area contributed by atoms with Crippen LogP contribution in [0.1, 0.15) is 46.0 Å². The topological polar surface area (TPSA) is 66.5 Å². The number of amides is 1. The van der Waals surface area contributed by atoms with Crippen molar-refractivity contribution in [1.29, 1.82) is 0 Å². The molecule has 1 aliphatic rings. The number of nitrogens with one attached hydrogen (secondary N) is 1. The van der Waals surface area contributed by atoms with Crippen molar-refractivity contribution in [2.75, 3.05) is 18.8 Å². The normalized spacial score (nSPS) is 17.7. The van der Waals surface area contributed by atoms with Gasteiger partial charge in [-0.15, -0.1) is 0 Å². The maximum atomic E-state index is 11.6. The van der Waals surface area contributed by atoms with Gasteiger partial charge in [-0.2, -0.15) is 0 Å². The summed E-state index contributed by atoms with van der Waals surface area (Å²) in [5, 5.41) is 0. The predicted octanol–water partition coefficient (Wildman–Crippen LogP) is 1.11. The molecule has 6 heteroatoms. The van der Waals surface area contributed by atoms with Crippen molar-refractivity contribution in [2.24, 2.45) is 0 Å². The van der Waals surface area contributed by atoms with Gasteiger partial charge in [0.15, 0.2) is 0 Å². The fourth-order valence-corrected chi connectivity index (χ4v) is 3.02. The van der Waals surface area contributed by atoms with Crippen molar-refractivity contribution in [3.05, 3.63) is 0 Å². The minimum atomic E-state index is -3.16. The van der Waals surface area contributed by atoms with E-state index >= 15 is 0 Å². The first kappa shape index (κ1) is 15.4. The van der Waals surface area contributed by atoms with Crippen molar-refractivity contribution in [3.63, 3.8) is 0 Å². The van der Waals surface area contributed by atoms with Gasteiger partial charge in [-0.05, 0) is 19.8 Å². The summed E-state index contributed by atoms with van der Waals surface area (Å²) in [4.78, 5) is 13.4. The third-order valence-corrected chi connectivity index (χ3v) is 4.88. The molecule has 1 saturated carbocycles. The monoisotopic (exact) mass is 276 g/mol. The van der Waals surface area contributed by atoms with Crippen LogP contribution in [-0.4, -0.2) is 44.1 Å². The molecule has 1 fully saturated rings. The van der Waals surface area contributed by atoms with Crippen molar-refractivity contribution < 1.29 is 13.2 Å². The van der Waals surface area contributed by atoms with E-state index in [2.05, 4.69) is 4.72 Å². The molecule has 0 aliphatic heterocycles. The molecule has 0 aromatic heterocycles. The lowest BCUT2D eigenvalue weighted by atomic mass is 9.94. The van der Waals surface area contributed by atoms with Crippen LogP contribution < -0.4 is 4.72 Å². The summed E-state index contributed by atoms with van der Waals surface area (Å²) in [5.41, 5.74) is 0. The summed E-state index contributed by atoms with van der Waals surface area (Å²) in [6.45, 7) is 3.95. The SMILES string of the molecule is CCS(=O)(=O)NCCN(C(C)=O)C1CCCCC1. The summed E-state index contributed by atoms with van der Waals surface area (Å²) in [6, 6.07) is 0.294. The van der Waals surface area contributed by atoms with Crippen LogP contribution in [0.5, 0.6) is 0 Å². The van der Waals surface area contributed by atoms with Crippen molar-refractivity contribution in [2.45, 2.75) is 52.0 Å². The first-order valence-corrected chi connectivity index (χ1v) is 8.36. The average molecular weight is 276 g/mol. The number of hydrogen-bond acceptors (Lipinski definition) is 3. The highest BCUT2D eigenvalue weighted by Crippen LogP contribution is 2.22. The third kappa shape index (κ3) is 4.94. The van der Waals surface area contributed by atoms with E-state index in [9.17, 15) is 13.2 Å². The number of rotatable bonds is 6. The molecule has 5 nitrogen and oxygen atoms in total. The second-order valence-electron chi connectivity index (χ2n) is 4.80. The molecule has 0 heterocycles. The van der Waals surface area contributed by atoms with Gasteiger partial charge in [0.1, 0.15) is 0 Å². The first-order chi connectivity index (χ1) is 8.46. The van der Waals surface area contributed by atoms with Crippen molar-refractivity contribution in [1.82, 2.24) is 9.62 Å². The predicted molar refractivity (Wildman–Crippen MR) is 71.7 cm³/mol. The Morgan fingerprint density at radius 1 is 1.28 bits per heavy atom. The molecule has 0 bridgehead atoms. The zero-order valence-corrected chi connectivity index (χ0v) is 12.1. The molecule has 0 saturated heterocycles. The fraction of sp³-hybridized carbons (Fsp3) is 0.917. The molecule has 0 aromatic rings. The second-order valence-corrected chi connectivity index (χ2v) is 6.90. The van der Waals surface area contributed by atoms with E-state index in [1.807, 2.05) is 4.90 Å². The molecule has 18 heavy (non-hydrogen) atoms. The maximum Gasteiger partial charge on any atom is 0.219 e. The van der Waals surface area contributed by atoms with Crippen LogP contribution in [0, 0.1) is 0 Å². The molecule has 0 radical (unpaired) electrons. The Morgan fingerprint density at radius 3 is 2.39 bits per heavy atom. The molecule has 0 spiro atoms. The number of hydrogen-bond donors (Lipinski definition) is 1. The van der Waals surface area contributed by atoms with Gasteiger partial charge in [-0.25, -0.2) is 13.1 Å². The molecule has 1 amide bonds. The number of nitrogens with zero attached hydrogens (tertiary/aromatic N) is 1. The van der Waals surface area contributed by atoms with Crippen LogP contribution in [0.2, 0.25) is 0 Å². The van der Waals surface area contributed by atoms with E-state index in [1.165, 1.54) is 6.42 Å². The van der Waals surface area contributed by atoms with Gasteiger partial charge in [0.05, 0.1) is 5.75 Å². The van der Waals surface area contributed by atoms with Crippen LogP contribution in [0.25, 0.3) is 0 Å². The number of carbonyl (C=O) groups excluding carboxylic acids is 1. The Balaban J connectivity index is 2.45. The third-order valence-electron chi connectivity index (χ3n) is 3.47. The molecule has 0 aromatic carbocycles. The van der Waals surface area contributed by atoms with Crippen LogP contribution in [0.15, 0.2) is 0 Å². The van der Waals surface area contributed by atoms with Gasteiger partial charge in [0, 0.05) is 26.1 Å². The van der Waals surface area contributed by atoms with E-state index in [-0.39, 0.29) is 11.7 Å². The highest BCUT2D eigenvalue weighted by molar-refractivity contribution is 7.89. The molecule has 1 rings (SSSR count). The number of sulfonamides is 1. The highest BCUT2D eigenvalue weighted by Gasteiger charge is 2.22. The second kappa shape index (κ2) is 7.09. The van der Waals surface area contributed by atoms with Gasteiger partial charge < -0.3 is 4.90 Å². The van der Waals surface area contributed by atoms with E-state index < -0.39 is 10.0 Å². The smallest absolute Gasteiger partial charge is 0.219 e. The Labute approximate surface area is 110 Å². The Morgan fingerprint density at radius 2 is 1.89 bits per heavy atom. The summed E-state index contributed by atoms with van der Waals surface area (Å²) in [5.74, 6) is 0.119. The largest absolute Gasteiger partial charge is 0.339 e. The lowest BCUT2D eigenvalue weighted by Crippen LogP contribution is -2.44.